The number of rotatable bonds is 6. The number of urea groups is 1. The van der Waals surface area contributed by atoms with Crippen molar-refractivity contribution < 1.29 is 14.5 Å². The Morgan fingerprint density at radius 1 is 1.04 bits per heavy atom. The van der Waals surface area contributed by atoms with Gasteiger partial charge in [-0.3, -0.25) is 19.2 Å². The average molecular weight is 402 g/mol. The molecule has 0 heterocycles. The smallest absolute Gasteiger partial charge is 0.324 e. The first-order valence-electron chi connectivity index (χ1n) is 8.61. The highest BCUT2D eigenvalue weighted by Gasteiger charge is 2.32. The largest absolute Gasteiger partial charge is 0.332 e. The van der Waals surface area contributed by atoms with Crippen LogP contribution in [0.2, 0.25) is 0 Å². The van der Waals surface area contributed by atoms with Gasteiger partial charge in [0.25, 0.3) is 5.69 Å². The molecule has 0 bridgehead atoms. The van der Waals surface area contributed by atoms with Gasteiger partial charge in [0.15, 0.2) is 0 Å². The third-order valence-electron chi connectivity index (χ3n) is 4.12. The van der Waals surface area contributed by atoms with Crippen LogP contribution in [0.15, 0.2) is 48.5 Å². The van der Waals surface area contributed by atoms with E-state index in [1.54, 1.807) is 32.0 Å². The van der Waals surface area contributed by atoms with Crippen molar-refractivity contribution in [3.63, 3.8) is 0 Å². The number of nitro benzene ring substituents is 1. The van der Waals surface area contributed by atoms with Crippen LogP contribution in [-0.4, -0.2) is 27.2 Å². The minimum atomic E-state index is -0.897. The summed E-state index contributed by atoms with van der Waals surface area (Å²) >= 11 is 4.20. The lowest BCUT2D eigenvalue weighted by Crippen LogP contribution is -2.47. The van der Waals surface area contributed by atoms with E-state index in [-0.39, 0.29) is 17.3 Å². The first kappa shape index (κ1) is 21.2. The molecule has 0 saturated heterocycles. The van der Waals surface area contributed by atoms with Crippen molar-refractivity contribution in [3.8, 4) is 0 Å². The average Bonchev–Trinajstić information content (AvgIpc) is 2.63. The van der Waals surface area contributed by atoms with E-state index in [4.69, 9.17) is 0 Å². The number of nitrogens with one attached hydrogen (secondary N) is 2. The lowest BCUT2D eigenvalue weighted by Gasteiger charge is -2.29. The first-order chi connectivity index (χ1) is 13.2. The van der Waals surface area contributed by atoms with E-state index in [1.165, 1.54) is 18.2 Å². The zero-order valence-corrected chi connectivity index (χ0v) is 16.6. The Morgan fingerprint density at radius 2 is 1.61 bits per heavy atom. The van der Waals surface area contributed by atoms with Gasteiger partial charge in [0, 0.05) is 11.8 Å². The summed E-state index contributed by atoms with van der Waals surface area (Å²) in [5.74, 6) is -0.657. The van der Waals surface area contributed by atoms with Crippen molar-refractivity contribution in [2.24, 2.45) is 5.92 Å². The molecule has 2 aromatic carbocycles. The summed E-state index contributed by atoms with van der Waals surface area (Å²) in [5.41, 5.74) is 1.30. The second-order valence-electron chi connectivity index (χ2n) is 6.54. The van der Waals surface area contributed by atoms with Crippen molar-refractivity contribution in [3.05, 3.63) is 64.2 Å². The molecule has 0 saturated carbocycles. The lowest BCUT2D eigenvalue weighted by molar-refractivity contribution is -0.383. The first-order valence-corrected chi connectivity index (χ1v) is 9.01. The van der Waals surface area contributed by atoms with Crippen LogP contribution in [0.3, 0.4) is 0 Å². The Kier molecular flexibility index (Phi) is 7.00. The number of amides is 3. The molecule has 8 nitrogen and oxygen atoms in total. The summed E-state index contributed by atoms with van der Waals surface area (Å²) in [4.78, 5) is 35.9. The molecule has 0 fully saturated rings. The zero-order chi connectivity index (χ0) is 20.8. The number of carbonyl (C=O) groups excluding carboxylic acids is 2. The molecule has 0 spiro atoms. The van der Waals surface area contributed by atoms with Gasteiger partial charge in [-0.25, -0.2) is 4.79 Å². The summed E-state index contributed by atoms with van der Waals surface area (Å²) < 4.78 is 0.953. The van der Waals surface area contributed by atoms with Gasteiger partial charge in [0.1, 0.15) is 11.7 Å². The van der Waals surface area contributed by atoms with E-state index in [9.17, 15) is 19.7 Å². The standard InChI is InChI=1S/C19H22N4O4S/c1-12(2)17(18(24)20-14-9-5-4-8-13(14)3)22(28)19(25)21-15-10-6-7-11-16(15)23(26)27/h4-12,17,28H,1-3H3,(H,20,24)(H,21,25)/t17-/m0/s1. The maximum Gasteiger partial charge on any atom is 0.332 e. The van der Waals surface area contributed by atoms with E-state index < -0.39 is 22.9 Å². The zero-order valence-electron chi connectivity index (χ0n) is 15.7. The van der Waals surface area contributed by atoms with Crippen molar-refractivity contribution in [2.75, 3.05) is 10.6 Å². The highest BCUT2D eigenvalue weighted by atomic mass is 32.1. The maximum absolute atomic E-state index is 12.8. The van der Waals surface area contributed by atoms with Crippen LogP contribution in [0.1, 0.15) is 19.4 Å². The van der Waals surface area contributed by atoms with Gasteiger partial charge < -0.3 is 10.6 Å². The molecule has 0 aliphatic carbocycles. The SMILES string of the molecule is Cc1ccccc1NC(=O)[C@H](C(C)C)N(S)C(=O)Nc1ccccc1[N+](=O)[O-]. The number of benzene rings is 2. The highest BCUT2D eigenvalue weighted by Crippen LogP contribution is 2.25. The van der Waals surface area contributed by atoms with Crippen LogP contribution < -0.4 is 10.6 Å². The minimum Gasteiger partial charge on any atom is -0.324 e. The summed E-state index contributed by atoms with van der Waals surface area (Å²) in [6.45, 7) is 5.42. The molecule has 148 valence electrons. The molecule has 0 aromatic heterocycles. The van der Waals surface area contributed by atoms with Gasteiger partial charge in [0.05, 0.1) is 4.92 Å². The van der Waals surface area contributed by atoms with Gasteiger partial charge in [-0.15, -0.1) is 0 Å². The van der Waals surface area contributed by atoms with Crippen molar-refractivity contribution in [1.29, 1.82) is 0 Å². The number of hydrogen-bond donors (Lipinski definition) is 3. The van der Waals surface area contributed by atoms with E-state index in [1.807, 2.05) is 19.1 Å². The quantitative estimate of drug-likeness (QED) is 0.382. The predicted molar refractivity (Wildman–Crippen MR) is 111 cm³/mol. The fraction of sp³-hybridized carbons (Fsp3) is 0.263. The van der Waals surface area contributed by atoms with E-state index in [0.717, 1.165) is 9.87 Å². The predicted octanol–water partition coefficient (Wildman–Crippen LogP) is 4.25. The van der Waals surface area contributed by atoms with E-state index in [0.29, 0.717) is 5.69 Å². The molecule has 0 unspecified atom stereocenters. The second-order valence-corrected chi connectivity index (χ2v) is 6.97. The molecule has 28 heavy (non-hydrogen) atoms. The molecule has 1 atom stereocenters. The Labute approximate surface area is 168 Å². The summed E-state index contributed by atoms with van der Waals surface area (Å²) in [6.07, 6.45) is 0. The number of carbonyl (C=O) groups is 2. The molecule has 0 aliphatic rings. The Bertz CT molecular complexity index is 888. The van der Waals surface area contributed by atoms with Crippen molar-refractivity contribution in [2.45, 2.75) is 26.8 Å². The third kappa shape index (κ3) is 5.01. The van der Waals surface area contributed by atoms with E-state index >= 15 is 0 Å². The topological polar surface area (TPSA) is 105 Å². The highest BCUT2D eigenvalue weighted by molar-refractivity contribution is 7.78. The Balaban J connectivity index is 2.19. The molecule has 0 radical (unpaired) electrons. The minimum absolute atomic E-state index is 0.0263. The number of hydrogen-bond acceptors (Lipinski definition) is 5. The number of anilines is 2. The molecule has 3 amide bonds. The second kappa shape index (κ2) is 9.23. The summed E-state index contributed by atoms with van der Waals surface area (Å²) in [6, 6.07) is 11.4. The molecule has 2 rings (SSSR count). The Morgan fingerprint density at radius 3 is 2.18 bits per heavy atom. The number of nitro groups is 1. The number of nitrogens with zero attached hydrogens (tertiary/aromatic N) is 2. The van der Waals surface area contributed by atoms with Gasteiger partial charge in [0.2, 0.25) is 5.91 Å². The molecular formula is C19H22N4O4S. The van der Waals surface area contributed by atoms with Crippen LogP contribution in [0.5, 0.6) is 0 Å². The van der Waals surface area contributed by atoms with Crippen LogP contribution in [0.25, 0.3) is 0 Å². The van der Waals surface area contributed by atoms with Gasteiger partial charge >= 0.3 is 6.03 Å². The third-order valence-corrected chi connectivity index (χ3v) is 4.55. The number of thiol groups is 1. The summed E-state index contributed by atoms with van der Waals surface area (Å²) in [5, 5.41) is 16.4. The van der Waals surface area contributed by atoms with Crippen LogP contribution in [0, 0.1) is 23.0 Å². The molecular weight excluding hydrogens is 380 g/mol. The fourth-order valence-electron chi connectivity index (χ4n) is 2.65. The van der Waals surface area contributed by atoms with Crippen LogP contribution in [0.4, 0.5) is 21.9 Å². The van der Waals surface area contributed by atoms with Crippen molar-refractivity contribution in [1.82, 2.24) is 4.31 Å². The number of para-hydroxylation sites is 3. The number of aryl methyl sites for hydroxylation is 1. The van der Waals surface area contributed by atoms with E-state index in [2.05, 4.69) is 23.4 Å². The van der Waals surface area contributed by atoms with Crippen LogP contribution in [-0.2, 0) is 4.79 Å². The monoisotopic (exact) mass is 402 g/mol. The molecule has 9 heteroatoms. The lowest BCUT2D eigenvalue weighted by atomic mass is 10.0. The summed E-state index contributed by atoms with van der Waals surface area (Å²) in [7, 11) is 0. The maximum atomic E-state index is 12.8. The molecule has 2 N–H and O–H groups in total. The van der Waals surface area contributed by atoms with Gasteiger partial charge in [-0.2, -0.15) is 0 Å². The Hall–Kier alpha value is -3.07. The van der Waals surface area contributed by atoms with Crippen molar-refractivity contribution >= 4 is 41.8 Å². The molecule has 2 aromatic rings. The van der Waals surface area contributed by atoms with Gasteiger partial charge in [-0.05, 0) is 30.5 Å². The molecule has 0 aliphatic heterocycles. The van der Waals surface area contributed by atoms with Gasteiger partial charge in [-0.1, -0.05) is 57.0 Å². The van der Waals surface area contributed by atoms with Crippen LogP contribution >= 0.6 is 12.8 Å². The normalized spacial score (nSPS) is 11.6. The fourth-order valence-corrected chi connectivity index (χ4v) is 3.07.